The van der Waals surface area contributed by atoms with E-state index in [0.29, 0.717) is 32.9 Å². The molecule has 7 rings (SSSR count). The Morgan fingerprint density at radius 2 is 1.86 bits per heavy atom. The first-order valence-electron chi connectivity index (χ1n) is 13.3. The maximum atomic E-state index is 15.6. The highest BCUT2D eigenvalue weighted by Crippen LogP contribution is 2.68. The zero-order valence-electron chi connectivity index (χ0n) is 22.0. The van der Waals surface area contributed by atoms with Crippen LogP contribution in [0.15, 0.2) is 55.2 Å². The number of hydrogen-bond donors (Lipinski definition) is 2. The summed E-state index contributed by atoms with van der Waals surface area (Å²) in [6.45, 7) is 0. The van der Waals surface area contributed by atoms with Crippen molar-refractivity contribution in [3.8, 4) is 11.1 Å². The number of imidazole rings is 1. The molecule has 5 aromatic rings. The van der Waals surface area contributed by atoms with Crippen molar-refractivity contribution in [2.24, 2.45) is 11.7 Å². The monoisotopic (exact) mass is 597 g/mol. The average Bonchev–Trinajstić information content (AvgIpc) is 3.33. The van der Waals surface area contributed by atoms with Crippen molar-refractivity contribution in [2.45, 2.75) is 43.1 Å². The molecule has 0 bridgehead atoms. The summed E-state index contributed by atoms with van der Waals surface area (Å²) in [6.07, 6.45) is 0.514. The van der Waals surface area contributed by atoms with Crippen molar-refractivity contribution < 1.29 is 31.1 Å². The van der Waals surface area contributed by atoms with Crippen LogP contribution in [0.25, 0.3) is 22.2 Å². The van der Waals surface area contributed by atoms with Gasteiger partial charge in [-0.25, -0.2) is 37.2 Å². The van der Waals surface area contributed by atoms with Gasteiger partial charge in [0.05, 0.1) is 23.1 Å². The minimum absolute atomic E-state index is 0.0162. The first-order valence-corrected chi connectivity index (χ1v) is 13.3. The van der Waals surface area contributed by atoms with E-state index in [-0.39, 0.29) is 29.7 Å². The third-order valence-corrected chi connectivity index (χ3v) is 8.27. The van der Waals surface area contributed by atoms with Crippen LogP contribution in [-0.2, 0) is 17.1 Å². The van der Waals surface area contributed by atoms with Gasteiger partial charge in [-0.15, -0.1) is 0 Å². The van der Waals surface area contributed by atoms with Gasteiger partial charge in [0.15, 0.2) is 0 Å². The van der Waals surface area contributed by atoms with Crippen LogP contribution in [0.1, 0.15) is 58.9 Å². The van der Waals surface area contributed by atoms with E-state index in [1.165, 1.54) is 12.5 Å². The summed E-state index contributed by atoms with van der Waals surface area (Å²) >= 11 is 0. The molecule has 2 aliphatic rings. The Labute approximate surface area is 239 Å². The molecule has 2 aliphatic carbocycles. The summed E-state index contributed by atoms with van der Waals surface area (Å²) < 4.78 is 88.7. The molecule has 43 heavy (non-hydrogen) atoms. The second-order valence-electron chi connectivity index (χ2n) is 10.8. The fourth-order valence-electron chi connectivity index (χ4n) is 6.47. The molecular formula is C29H21F6N7O. The van der Waals surface area contributed by atoms with E-state index in [4.69, 9.17) is 5.73 Å². The van der Waals surface area contributed by atoms with E-state index >= 15 is 8.78 Å². The van der Waals surface area contributed by atoms with E-state index in [9.17, 15) is 22.4 Å². The first-order chi connectivity index (χ1) is 20.6. The number of aromatic amines is 1. The van der Waals surface area contributed by atoms with Gasteiger partial charge in [-0.1, -0.05) is 12.1 Å². The number of fused-ring (bicyclic) bond motifs is 4. The molecule has 0 spiro atoms. The number of hydrogen-bond acceptors (Lipinski definition) is 5. The Morgan fingerprint density at radius 1 is 1.09 bits per heavy atom. The van der Waals surface area contributed by atoms with Gasteiger partial charge in [0, 0.05) is 40.8 Å². The SMILES string of the molecule is NC(=O)C([C@H](Cc1cc(F)cc(F)c1)c1ncncc1-c1cccc2[nH]cnc12)n1nc(C(F)F)c2c1C(F)(F)C1CC21. The zero-order valence-corrected chi connectivity index (χ0v) is 22.0. The number of carbonyl (C=O) groups is 1. The fourth-order valence-corrected chi connectivity index (χ4v) is 6.47. The quantitative estimate of drug-likeness (QED) is 0.223. The normalized spacial score (nSPS) is 19.8. The fraction of sp³-hybridized carbons (Fsp3) is 0.276. The number of para-hydroxylation sites is 1. The molecular weight excluding hydrogens is 576 g/mol. The topological polar surface area (TPSA) is 115 Å². The summed E-state index contributed by atoms with van der Waals surface area (Å²) in [7, 11) is 0. The predicted molar refractivity (Wildman–Crippen MR) is 140 cm³/mol. The van der Waals surface area contributed by atoms with Crippen molar-refractivity contribution in [3.05, 3.63) is 95.1 Å². The minimum atomic E-state index is -3.56. The number of benzene rings is 2. The molecule has 1 amide bonds. The number of nitrogens with two attached hydrogens (primary N) is 1. The number of aromatic nitrogens is 6. The Kier molecular flexibility index (Phi) is 6.08. The van der Waals surface area contributed by atoms with Crippen LogP contribution in [0.4, 0.5) is 26.3 Å². The molecule has 3 N–H and O–H groups in total. The molecule has 4 atom stereocenters. The summed E-state index contributed by atoms with van der Waals surface area (Å²) in [5, 5.41) is 3.87. The molecule has 14 heteroatoms. The van der Waals surface area contributed by atoms with Crippen molar-refractivity contribution >= 4 is 16.9 Å². The summed E-state index contributed by atoms with van der Waals surface area (Å²) in [5.74, 6) is -9.89. The van der Waals surface area contributed by atoms with Gasteiger partial charge in [-0.05, 0) is 42.5 Å². The number of H-pyrrole nitrogens is 1. The maximum absolute atomic E-state index is 15.6. The lowest BCUT2D eigenvalue weighted by molar-refractivity contribution is -0.122. The van der Waals surface area contributed by atoms with Crippen LogP contribution in [0.5, 0.6) is 0 Å². The van der Waals surface area contributed by atoms with Gasteiger partial charge in [0.25, 0.3) is 12.3 Å². The molecule has 8 nitrogen and oxygen atoms in total. The Morgan fingerprint density at radius 3 is 2.58 bits per heavy atom. The molecule has 3 heterocycles. The van der Waals surface area contributed by atoms with E-state index < -0.39 is 65.1 Å². The Hall–Kier alpha value is -4.75. The molecule has 220 valence electrons. The largest absolute Gasteiger partial charge is 0.368 e. The lowest BCUT2D eigenvalue weighted by Gasteiger charge is -2.29. The highest BCUT2D eigenvalue weighted by atomic mass is 19.3. The molecule has 3 unspecified atom stereocenters. The average molecular weight is 598 g/mol. The number of alkyl halides is 4. The second kappa shape index (κ2) is 9.64. The van der Waals surface area contributed by atoms with Crippen molar-refractivity contribution in [3.63, 3.8) is 0 Å². The standard InChI is InChI=1S/C29H21F6N7O/c30-13-4-12(5-14(31)7-13)6-17(22-18(9-37-10-39-22)15-2-1-3-20-23(15)40-11-38-20)25(28(36)43)42-26-21(24(41-42)27(32)33)16-8-19(16)29(26,34)35/h1-5,7,9-11,16-17,19,25,27H,6,8H2,(H2,36,43)(H,38,40)/t16?,17-,19?,25?/m1/s1. The summed E-state index contributed by atoms with van der Waals surface area (Å²) in [4.78, 5) is 29.1. The lowest BCUT2D eigenvalue weighted by Crippen LogP contribution is -2.37. The number of primary amides is 1. The number of carbonyl (C=O) groups excluding carboxylic acids is 1. The molecule has 2 aromatic carbocycles. The van der Waals surface area contributed by atoms with E-state index in [0.717, 1.165) is 18.5 Å². The van der Waals surface area contributed by atoms with E-state index in [2.05, 4.69) is 25.0 Å². The highest BCUT2D eigenvalue weighted by molar-refractivity contribution is 5.92. The number of amides is 1. The highest BCUT2D eigenvalue weighted by Gasteiger charge is 2.67. The van der Waals surface area contributed by atoms with Gasteiger partial charge in [0.2, 0.25) is 5.91 Å². The Bertz CT molecular complexity index is 1880. The Balaban J connectivity index is 1.47. The van der Waals surface area contributed by atoms with Crippen LogP contribution >= 0.6 is 0 Å². The van der Waals surface area contributed by atoms with Crippen molar-refractivity contribution in [2.75, 3.05) is 0 Å². The molecule has 3 aromatic heterocycles. The molecule has 1 saturated carbocycles. The lowest BCUT2D eigenvalue weighted by atomic mass is 9.84. The molecule has 1 fully saturated rings. The number of nitrogens with zero attached hydrogens (tertiary/aromatic N) is 5. The van der Waals surface area contributed by atoms with Crippen LogP contribution < -0.4 is 5.73 Å². The van der Waals surface area contributed by atoms with Gasteiger partial charge in [-0.3, -0.25) is 4.79 Å². The van der Waals surface area contributed by atoms with Crippen molar-refractivity contribution in [1.29, 1.82) is 0 Å². The zero-order chi connectivity index (χ0) is 30.2. The number of halogens is 6. The summed E-state index contributed by atoms with van der Waals surface area (Å²) in [5.41, 5.74) is 6.03. The first kappa shape index (κ1) is 27.1. The van der Waals surface area contributed by atoms with Crippen molar-refractivity contribution in [1.82, 2.24) is 29.7 Å². The second-order valence-corrected chi connectivity index (χ2v) is 10.8. The molecule has 0 aliphatic heterocycles. The third kappa shape index (κ3) is 4.26. The smallest absolute Gasteiger partial charge is 0.293 e. The molecule has 0 radical (unpaired) electrons. The van der Waals surface area contributed by atoms with Crippen LogP contribution in [0.2, 0.25) is 0 Å². The van der Waals surface area contributed by atoms with Gasteiger partial charge < -0.3 is 10.7 Å². The third-order valence-electron chi connectivity index (χ3n) is 8.27. The maximum Gasteiger partial charge on any atom is 0.293 e. The van der Waals surface area contributed by atoms with Crippen LogP contribution in [0.3, 0.4) is 0 Å². The van der Waals surface area contributed by atoms with E-state index in [1.807, 2.05) is 0 Å². The van der Waals surface area contributed by atoms with Gasteiger partial charge in [0.1, 0.15) is 35.4 Å². The summed E-state index contributed by atoms with van der Waals surface area (Å²) in [6, 6.07) is 6.07. The molecule has 0 saturated heterocycles. The van der Waals surface area contributed by atoms with E-state index in [1.54, 1.807) is 18.2 Å². The number of nitrogens with one attached hydrogen (secondary N) is 1. The predicted octanol–water partition coefficient (Wildman–Crippen LogP) is 5.69. The van der Waals surface area contributed by atoms with Crippen LogP contribution in [0, 0.1) is 17.6 Å². The minimum Gasteiger partial charge on any atom is -0.368 e. The van der Waals surface area contributed by atoms with Crippen LogP contribution in [-0.4, -0.2) is 35.6 Å². The van der Waals surface area contributed by atoms with Gasteiger partial charge in [-0.2, -0.15) is 13.9 Å². The number of rotatable bonds is 8. The van der Waals surface area contributed by atoms with Gasteiger partial charge >= 0.3 is 0 Å².